The Kier molecular flexibility index (Phi) is 8.35. The van der Waals surface area contributed by atoms with Crippen LogP contribution in [-0.2, 0) is 16.6 Å². The van der Waals surface area contributed by atoms with Crippen molar-refractivity contribution in [3.63, 3.8) is 0 Å². The van der Waals surface area contributed by atoms with Crippen LogP contribution in [-0.4, -0.2) is 61.4 Å². The fourth-order valence-corrected chi connectivity index (χ4v) is 6.55. The molecule has 0 unspecified atom stereocenters. The number of sulfonamides is 1. The number of para-hydroxylation sites is 1. The lowest BCUT2D eigenvalue weighted by molar-refractivity contribution is 0.0512. The van der Waals surface area contributed by atoms with Crippen molar-refractivity contribution in [3.8, 4) is 0 Å². The maximum absolute atomic E-state index is 14.0. The van der Waals surface area contributed by atoms with Gasteiger partial charge in [0.05, 0.1) is 38.4 Å². The van der Waals surface area contributed by atoms with E-state index in [-0.39, 0.29) is 64.9 Å². The molecule has 2 heterocycles. The van der Waals surface area contributed by atoms with Crippen molar-refractivity contribution in [2.45, 2.75) is 18.4 Å². The lowest BCUT2D eigenvalue weighted by Crippen LogP contribution is -2.50. The van der Waals surface area contributed by atoms with Crippen LogP contribution in [0.4, 0.5) is 5.69 Å². The Morgan fingerprint density at radius 2 is 1.49 bits per heavy atom. The number of rotatable bonds is 7. The van der Waals surface area contributed by atoms with Gasteiger partial charge in [0.2, 0.25) is 5.76 Å². The first kappa shape index (κ1) is 28.7. The minimum atomic E-state index is -4.18. The van der Waals surface area contributed by atoms with Crippen molar-refractivity contribution in [1.29, 1.82) is 0 Å². The molecule has 0 spiro atoms. The molecule has 0 aliphatic carbocycles. The van der Waals surface area contributed by atoms with Gasteiger partial charge in [0, 0.05) is 32.2 Å². The minimum Gasteiger partial charge on any atom is -0.351 e. The Morgan fingerprint density at radius 3 is 2.12 bits per heavy atom. The van der Waals surface area contributed by atoms with E-state index in [1.807, 2.05) is 30.3 Å². The molecule has 4 aromatic rings. The van der Waals surface area contributed by atoms with Gasteiger partial charge in [-0.05, 0) is 42.8 Å². The molecule has 1 aliphatic rings. The summed E-state index contributed by atoms with van der Waals surface area (Å²) in [4.78, 5) is 29.2. The zero-order chi connectivity index (χ0) is 29.1. The van der Waals surface area contributed by atoms with Gasteiger partial charge in [-0.25, -0.2) is 8.42 Å². The van der Waals surface area contributed by atoms with Gasteiger partial charge in [0.25, 0.3) is 21.8 Å². The van der Waals surface area contributed by atoms with Crippen molar-refractivity contribution in [2.24, 2.45) is 0 Å². The quantitative estimate of drug-likeness (QED) is 0.281. The van der Waals surface area contributed by atoms with E-state index < -0.39 is 15.9 Å². The second-order valence-electron chi connectivity index (χ2n) is 9.51. The monoisotopic (exact) mass is 612 g/mol. The summed E-state index contributed by atoms with van der Waals surface area (Å²) >= 11 is 12.8. The fourth-order valence-electron chi connectivity index (χ4n) is 4.56. The summed E-state index contributed by atoms with van der Waals surface area (Å²) in [7, 11) is -4.18. The summed E-state index contributed by atoms with van der Waals surface area (Å²) in [6, 6.07) is 21.5. The molecule has 1 aliphatic heterocycles. The molecule has 1 aromatic heterocycles. The van der Waals surface area contributed by atoms with E-state index in [2.05, 4.69) is 5.16 Å². The van der Waals surface area contributed by atoms with Gasteiger partial charge >= 0.3 is 0 Å². The molecule has 0 radical (unpaired) electrons. The SMILES string of the molecule is Cc1cc(C(=O)N2CCN(C(=O)c3cc(S(=O)(=O)N(Cc4ccccc4)c4ccccc4Cl)ccc3Cl)CC2)on1. The molecule has 5 rings (SSSR count). The second kappa shape index (κ2) is 11.9. The Morgan fingerprint density at radius 1 is 0.854 bits per heavy atom. The molecular weight excluding hydrogens is 587 g/mol. The molecular formula is C29H26Cl2N4O5S. The predicted octanol–water partition coefficient (Wildman–Crippen LogP) is 5.28. The van der Waals surface area contributed by atoms with Crippen LogP contribution in [0.15, 0.2) is 88.3 Å². The number of piperazine rings is 1. The first-order valence-electron chi connectivity index (χ1n) is 12.8. The van der Waals surface area contributed by atoms with Crippen molar-refractivity contribution >= 4 is 50.7 Å². The minimum absolute atomic E-state index is 0.0273. The lowest BCUT2D eigenvalue weighted by Gasteiger charge is -2.34. The number of halogens is 2. The highest BCUT2D eigenvalue weighted by molar-refractivity contribution is 7.92. The molecule has 1 fully saturated rings. The number of benzene rings is 3. The molecule has 2 amide bonds. The molecule has 1 saturated heterocycles. The van der Waals surface area contributed by atoms with Crippen molar-refractivity contribution < 1.29 is 22.5 Å². The number of aromatic nitrogens is 1. The summed E-state index contributed by atoms with van der Waals surface area (Å²) in [6.45, 7) is 2.79. The molecule has 0 N–H and O–H groups in total. The summed E-state index contributed by atoms with van der Waals surface area (Å²) in [5.74, 6) is -0.592. The van der Waals surface area contributed by atoms with E-state index in [9.17, 15) is 18.0 Å². The van der Waals surface area contributed by atoms with Crippen LogP contribution < -0.4 is 4.31 Å². The number of aryl methyl sites for hydroxylation is 1. The maximum atomic E-state index is 14.0. The summed E-state index contributed by atoms with van der Waals surface area (Å²) < 4.78 is 34.4. The first-order chi connectivity index (χ1) is 19.6. The third-order valence-corrected chi connectivity index (χ3v) is 9.14. The van der Waals surface area contributed by atoms with Gasteiger partial charge in [0.1, 0.15) is 0 Å². The highest BCUT2D eigenvalue weighted by Crippen LogP contribution is 2.33. The van der Waals surface area contributed by atoms with Gasteiger partial charge in [-0.1, -0.05) is 70.8 Å². The normalized spacial score (nSPS) is 13.7. The first-order valence-corrected chi connectivity index (χ1v) is 15.0. The van der Waals surface area contributed by atoms with Crippen LogP contribution in [0.1, 0.15) is 32.2 Å². The van der Waals surface area contributed by atoms with Gasteiger partial charge in [-0.3, -0.25) is 13.9 Å². The zero-order valence-electron chi connectivity index (χ0n) is 22.0. The third kappa shape index (κ3) is 6.09. The number of carbonyl (C=O) groups is 2. The number of anilines is 1. The largest absolute Gasteiger partial charge is 0.351 e. The Hall–Kier alpha value is -3.86. The van der Waals surface area contributed by atoms with Crippen LogP contribution in [0.25, 0.3) is 0 Å². The summed E-state index contributed by atoms with van der Waals surface area (Å²) in [6.07, 6.45) is 0. The zero-order valence-corrected chi connectivity index (χ0v) is 24.4. The van der Waals surface area contributed by atoms with Crippen LogP contribution in [0.3, 0.4) is 0 Å². The lowest BCUT2D eigenvalue weighted by atomic mass is 10.1. The van der Waals surface area contributed by atoms with Gasteiger partial charge in [-0.15, -0.1) is 0 Å². The molecule has 12 heteroatoms. The summed E-state index contributed by atoms with van der Waals surface area (Å²) in [5.41, 5.74) is 1.72. The van der Waals surface area contributed by atoms with E-state index in [1.54, 1.807) is 47.1 Å². The number of carbonyl (C=O) groups excluding carboxylic acids is 2. The predicted molar refractivity (Wildman–Crippen MR) is 156 cm³/mol. The second-order valence-corrected chi connectivity index (χ2v) is 12.2. The Balaban J connectivity index is 1.40. The number of hydrogen-bond donors (Lipinski definition) is 0. The standard InChI is InChI=1S/C29H26Cl2N4O5S/c1-20-17-27(40-32-20)29(37)34-15-13-33(14-16-34)28(36)23-18-22(11-12-24(23)30)41(38,39)35(19-21-7-3-2-4-8-21)26-10-6-5-9-25(26)31/h2-12,17-18H,13-16,19H2,1H3. The fraction of sp³-hybridized carbons (Fsp3) is 0.207. The van der Waals surface area contributed by atoms with Gasteiger partial charge in [0.15, 0.2) is 0 Å². The van der Waals surface area contributed by atoms with E-state index in [0.717, 1.165) is 5.56 Å². The number of amides is 2. The van der Waals surface area contributed by atoms with Crippen LogP contribution in [0, 0.1) is 6.92 Å². The smallest absolute Gasteiger partial charge is 0.292 e. The molecule has 0 saturated carbocycles. The molecule has 9 nitrogen and oxygen atoms in total. The van der Waals surface area contributed by atoms with Crippen LogP contribution in [0.5, 0.6) is 0 Å². The van der Waals surface area contributed by atoms with E-state index in [1.165, 1.54) is 22.5 Å². The molecule has 0 atom stereocenters. The molecule has 0 bridgehead atoms. The highest BCUT2D eigenvalue weighted by atomic mass is 35.5. The molecule has 3 aromatic carbocycles. The maximum Gasteiger partial charge on any atom is 0.292 e. The van der Waals surface area contributed by atoms with E-state index >= 15 is 0 Å². The average Bonchev–Trinajstić information content (AvgIpc) is 3.42. The Labute approximate surface area is 247 Å². The van der Waals surface area contributed by atoms with Crippen molar-refractivity contribution in [1.82, 2.24) is 15.0 Å². The van der Waals surface area contributed by atoms with Gasteiger partial charge in [-0.2, -0.15) is 0 Å². The molecule has 41 heavy (non-hydrogen) atoms. The highest BCUT2D eigenvalue weighted by Gasteiger charge is 2.31. The number of nitrogens with zero attached hydrogens (tertiary/aromatic N) is 4. The number of hydrogen-bond acceptors (Lipinski definition) is 6. The van der Waals surface area contributed by atoms with Gasteiger partial charge < -0.3 is 14.3 Å². The summed E-state index contributed by atoms with van der Waals surface area (Å²) in [5, 5.41) is 4.14. The third-order valence-electron chi connectivity index (χ3n) is 6.74. The van der Waals surface area contributed by atoms with Crippen LogP contribution in [0.2, 0.25) is 10.0 Å². The molecule has 212 valence electrons. The van der Waals surface area contributed by atoms with Crippen molar-refractivity contribution in [3.05, 3.63) is 111 Å². The average molecular weight is 614 g/mol. The van der Waals surface area contributed by atoms with E-state index in [0.29, 0.717) is 11.4 Å². The van der Waals surface area contributed by atoms with Crippen molar-refractivity contribution in [2.75, 3.05) is 30.5 Å². The van der Waals surface area contributed by atoms with Crippen LogP contribution >= 0.6 is 23.2 Å². The topological polar surface area (TPSA) is 104 Å². The Bertz CT molecular complexity index is 1690. The van der Waals surface area contributed by atoms with E-state index in [4.69, 9.17) is 27.7 Å².